The number of esters is 1. The van der Waals surface area contributed by atoms with Gasteiger partial charge in [-0.2, -0.15) is 0 Å². The molecule has 1 aromatic rings. The summed E-state index contributed by atoms with van der Waals surface area (Å²) in [4.78, 5) is 24.2. The molecule has 2 unspecified atom stereocenters. The molecule has 0 fully saturated rings. The van der Waals surface area contributed by atoms with Gasteiger partial charge in [0.2, 0.25) is 5.78 Å². The van der Waals surface area contributed by atoms with Gasteiger partial charge in [0.05, 0.1) is 6.10 Å². The zero-order valence-corrected chi connectivity index (χ0v) is 14.5. The smallest absolute Gasteiger partial charge is 0.342 e. The van der Waals surface area contributed by atoms with E-state index in [1.807, 2.05) is 0 Å². The summed E-state index contributed by atoms with van der Waals surface area (Å²) < 4.78 is 19.0. The van der Waals surface area contributed by atoms with E-state index in [1.165, 1.54) is 25.1 Å². The minimum atomic E-state index is -1.90. The van der Waals surface area contributed by atoms with Crippen LogP contribution < -0.4 is 0 Å². The highest BCUT2D eigenvalue weighted by Crippen LogP contribution is 2.27. The maximum absolute atomic E-state index is 13.8. The highest BCUT2D eigenvalue weighted by atomic mass is 19.1. The monoisotopic (exact) mass is 364 g/mol. The summed E-state index contributed by atoms with van der Waals surface area (Å²) in [7, 11) is 0. The Morgan fingerprint density at radius 1 is 1.19 bits per heavy atom. The van der Waals surface area contributed by atoms with E-state index >= 15 is 0 Å². The van der Waals surface area contributed by atoms with Gasteiger partial charge in [0.15, 0.2) is 5.83 Å². The van der Waals surface area contributed by atoms with E-state index in [0.29, 0.717) is 11.1 Å². The van der Waals surface area contributed by atoms with Gasteiger partial charge in [-0.25, -0.2) is 9.18 Å². The molecule has 0 saturated heterocycles. The van der Waals surface area contributed by atoms with Crippen molar-refractivity contribution in [3.8, 4) is 5.75 Å². The third-order valence-corrected chi connectivity index (χ3v) is 3.98. The number of hydrogen-bond donors (Lipinski definition) is 3. The maximum atomic E-state index is 13.8. The zero-order valence-electron chi connectivity index (χ0n) is 14.5. The summed E-state index contributed by atoms with van der Waals surface area (Å²) in [5.41, 5.74) is 1.02. The molecule has 0 bridgehead atoms. The number of Topliss-reactive ketones (excluding diaryl/α,β-unsaturated/α-hetero) is 1. The number of carbonyl (C=O) groups is 2. The topological polar surface area (TPSA) is 104 Å². The molecule has 0 radical (unpaired) electrons. The number of ether oxygens (including phenoxy) is 1. The molecular formula is C19H21FO6. The molecule has 2 rings (SSSR count). The molecule has 6 nitrogen and oxygen atoms in total. The Kier molecular flexibility index (Phi) is 6.28. The number of aromatic hydroxyl groups is 1. The maximum Gasteiger partial charge on any atom is 0.342 e. The number of benzene rings is 1. The number of fused-ring (bicyclic) bond motifs is 1. The number of aliphatic hydroxyl groups excluding tert-OH is 2. The molecule has 1 aromatic carbocycles. The Morgan fingerprint density at radius 2 is 1.88 bits per heavy atom. The number of aliphatic hydroxyl groups is 2. The van der Waals surface area contributed by atoms with Crippen molar-refractivity contribution in [3.63, 3.8) is 0 Å². The summed E-state index contributed by atoms with van der Waals surface area (Å²) in [5, 5.41) is 29.8. The van der Waals surface area contributed by atoms with Crippen LogP contribution in [0, 0.1) is 6.92 Å². The molecule has 3 atom stereocenters. The van der Waals surface area contributed by atoms with Crippen LogP contribution >= 0.6 is 0 Å². The van der Waals surface area contributed by atoms with E-state index in [9.17, 15) is 29.3 Å². The third kappa shape index (κ3) is 4.56. The average Bonchev–Trinajstić information content (AvgIpc) is 2.56. The average molecular weight is 364 g/mol. The lowest BCUT2D eigenvalue weighted by atomic mass is 10.00. The van der Waals surface area contributed by atoms with Crippen LogP contribution in [0.4, 0.5) is 4.39 Å². The molecular weight excluding hydrogens is 343 g/mol. The molecule has 1 aliphatic rings. The van der Waals surface area contributed by atoms with Gasteiger partial charge >= 0.3 is 5.97 Å². The lowest BCUT2D eigenvalue weighted by Crippen LogP contribution is -2.34. The van der Waals surface area contributed by atoms with Crippen LogP contribution in [0.25, 0.3) is 6.08 Å². The molecule has 0 spiro atoms. The van der Waals surface area contributed by atoms with Crippen molar-refractivity contribution in [1.29, 1.82) is 0 Å². The fourth-order valence-electron chi connectivity index (χ4n) is 2.59. The molecule has 140 valence electrons. The van der Waals surface area contributed by atoms with Gasteiger partial charge in [-0.05, 0) is 43.5 Å². The van der Waals surface area contributed by atoms with Crippen molar-refractivity contribution < 1.29 is 34.0 Å². The van der Waals surface area contributed by atoms with Gasteiger partial charge in [-0.1, -0.05) is 18.2 Å². The Morgan fingerprint density at radius 3 is 2.58 bits per heavy atom. The Balaban J connectivity index is 2.46. The summed E-state index contributed by atoms with van der Waals surface area (Å²) in [6.07, 6.45) is -0.662. The molecule has 26 heavy (non-hydrogen) atoms. The fourth-order valence-corrected chi connectivity index (χ4v) is 2.59. The van der Waals surface area contributed by atoms with Crippen molar-refractivity contribution in [2.24, 2.45) is 0 Å². The first-order valence-corrected chi connectivity index (χ1v) is 8.17. The van der Waals surface area contributed by atoms with Crippen LogP contribution in [0.15, 0.2) is 30.1 Å². The number of hydrogen-bond acceptors (Lipinski definition) is 6. The largest absolute Gasteiger partial charge is 0.507 e. The van der Waals surface area contributed by atoms with Gasteiger partial charge in [-0.15, -0.1) is 0 Å². The van der Waals surface area contributed by atoms with E-state index < -0.39 is 35.9 Å². The normalized spacial score (nSPS) is 28.3. The molecule has 0 amide bonds. The van der Waals surface area contributed by atoms with Crippen molar-refractivity contribution in [2.45, 2.75) is 45.0 Å². The number of rotatable bonds is 0. The second kappa shape index (κ2) is 8.25. The van der Waals surface area contributed by atoms with Crippen LogP contribution in [0.5, 0.6) is 5.75 Å². The summed E-state index contributed by atoms with van der Waals surface area (Å²) >= 11 is 0. The first-order chi connectivity index (χ1) is 12.2. The number of halogens is 1. The summed E-state index contributed by atoms with van der Waals surface area (Å²) in [6.45, 7) is 3.24. The van der Waals surface area contributed by atoms with Crippen molar-refractivity contribution in [1.82, 2.24) is 0 Å². The highest BCUT2D eigenvalue weighted by molar-refractivity contribution is 5.98. The van der Waals surface area contributed by atoms with Crippen LogP contribution in [0.3, 0.4) is 0 Å². The standard InChI is InChI=1S/C19H21FO6/c1-10-8-12-4-3-5-14(21)18(24)17(23)13(20)7-6-11(2)26-19(25)16(12)15(22)9-10/h3-4,7-9,11,14,18,21-22,24H,5-6H2,1-2H3/b4-3+,13-7-/t11?,14-,18?/m0/s1. The van der Waals surface area contributed by atoms with E-state index in [1.54, 1.807) is 13.0 Å². The molecule has 1 heterocycles. The van der Waals surface area contributed by atoms with Crippen molar-refractivity contribution in [2.75, 3.05) is 0 Å². The van der Waals surface area contributed by atoms with E-state index in [4.69, 9.17) is 4.74 Å². The number of cyclic esters (lactones) is 1. The molecule has 0 saturated carbocycles. The Hall–Kier alpha value is -2.51. The predicted octanol–water partition coefficient (Wildman–Crippen LogP) is 2.20. The number of aryl methyl sites for hydroxylation is 1. The zero-order chi connectivity index (χ0) is 19.4. The molecule has 0 aromatic heterocycles. The number of carbonyl (C=O) groups excluding carboxylic acids is 2. The lowest BCUT2D eigenvalue weighted by molar-refractivity contribution is -0.130. The van der Waals surface area contributed by atoms with Crippen molar-refractivity contribution >= 4 is 17.8 Å². The number of phenolic OH excluding ortho intramolecular Hbond substituents is 1. The molecule has 0 aliphatic carbocycles. The van der Waals surface area contributed by atoms with Crippen molar-refractivity contribution in [3.05, 3.63) is 46.8 Å². The van der Waals surface area contributed by atoms with E-state index in [0.717, 1.165) is 6.08 Å². The van der Waals surface area contributed by atoms with Gasteiger partial charge < -0.3 is 20.1 Å². The fraction of sp³-hybridized carbons (Fsp3) is 0.368. The second-order valence-electron chi connectivity index (χ2n) is 6.27. The first-order valence-electron chi connectivity index (χ1n) is 8.17. The van der Waals surface area contributed by atoms with Gasteiger partial charge in [-0.3, -0.25) is 4.79 Å². The number of ketones is 1. The van der Waals surface area contributed by atoms with E-state index in [2.05, 4.69) is 0 Å². The molecule has 1 aliphatic heterocycles. The third-order valence-electron chi connectivity index (χ3n) is 3.98. The number of phenols is 1. The first kappa shape index (κ1) is 19.8. The van der Waals surface area contributed by atoms with Gasteiger partial charge in [0.1, 0.15) is 23.5 Å². The van der Waals surface area contributed by atoms with Crippen LogP contribution in [-0.2, 0) is 9.53 Å². The SMILES string of the molecule is Cc1cc(O)c2c(c1)/C=C/C[C@H](O)C(O)C(=O)/C(F)=C/CC(C)OC2=O. The van der Waals surface area contributed by atoms with Gasteiger partial charge in [0.25, 0.3) is 0 Å². The summed E-state index contributed by atoms with van der Waals surface area (Å²) in [5.74, 6) is -3.48. The van der Waals surface area contributed by atoms with Gasteiger partial charge in [0, 0.05) is 6.42 Å². The van der Waals surface area contributed by atoms with E-state index in [-0.39, 0.29) is 24.2 Å². The van der Waals surface area contributed by atoms with Crippen LogP contribution in [-0.4, -0.2) is 45.4 Å². The summed E-state index contributed by atoms with van der Waals surface area (Å²) in [6, 6.07) is 3.06. The minimum absolute atomic E-state index is 0.0497. The van der Waals surface area contributed by atoms with Crippen LogP contribution in [0.1, 0.15) is 41.3 Å². The lowest BCUT2D eigenvalue weighted by Gasteiger charge is -2.17. The highest BCUT2D eigenvalue weighted by Gasteiger charge is 2.27. The molecule has 3 N–H and O–H groups in total. The van der Waals surface area contributed by atoms with Crippen LogP contribution in [0.2, 0.25) is 0 Å². The Bertz CT molecular complexity index is 768. The predicted molar refractivity (Wildman–Crippen MR) is 92.2 cm³/mol. The Labute approximate surface area is 150 Å². The molecule has 7 heteroatoms. The quantitative estimate of drug-likeness (QED) is 0.610. The second-order valence-corrected chi connectivity index (χ2v) is 6.27. The minimum Gasteiger partial charge on any atom is -0.507 e.